The van der Waals surface area contributed by atoms with Gasteiger partial charge in [-0.05, 0) is 23.5 Å². The first kappa shape index (κ1) is 19.2. The van der Waals surface area contributed by atoms with E-state index >= 15 is 0 Å². The average Bonchev–Trinajstić information content (AvgIpc) is 2.26. The Hall–Kier alpha value is -0.780. The molecule has 2 atom stereocenters. The molecule has 0 saturated carbocycles. The lowest BCUT2D eigenvalue weighted by molar-refractivity contribution is -0.139. The average molecular weight is 312 g/mol. The number of hydrogen-bond acceptors (Lipinski definition) is 2. The predicted octanol–water partition coefficient (Wildman–Crippen LogP) is 3.92. The van der Waals surface area contributed by atoms with Crippen LogP contribution in [0.2, 0.25) is 0 Å². The van der Waals surface area contributed by atoms with Crippen LogP contribution in [0.25, 0.3) is 0 Å². The molecule has 0 aliphatic carbocycles. The summed E-state index contributed by atoms with van der Waals surface area (Å²) in [5.74, 6) is 0. The minimum atomic E-state index is -4.47. The zero-order valence-electron chi connectivity index (χ0n) is 11.7. The van der Waals surface area contributed by atoms with Crippen molar-refractivity contribution in [2.24, 2.45) is 11.1 Å². The van der Waals surface area contributed by atoms with Gasteiger partial charge >= 0.3 is 6.18 Å². The Balaban J connectivity index is 0.00000361. The summed E-state index contributed by atoms with van der Waals surface area (Å²) in [5.41, 5.74) is 4.72. The molecule has 3 N–H and O–H groups in total. The topological polar surface area (TPSA) is 46.2 Å². The largest absolute Gasteiger partial charge is 0.416 e. The highest BCUT2D eigenvalue weighted by Crippen LogP contribution is 2.36. The van der Waals surface area contributed by atoms with E-state index in [1.165, 1.54) is 18.2 Å². The maximum atomic E-state index is 12.8. The Morgan fingerprint density at radius 1 is 1.15 bits per heavy atom. The van der Waals surface area contributed by atoms with Gasteiger partial charge in [0.25, 0.3) is 0 Å². The summed E-state index contributed by atoms with van der Waals surface area (Å²) < 4.78 is 38.5. The van der Waals surface area contributed by atoms with Crippen LogP contribution in [0.1, 0.15) is 44.4 Å². The van der Waals surface area contributed by atoms with Crippen LogP contribution in [0.15, 0.2) is 24.3 Å². The molecular formula is C14H21ClF3NO. The molecule has 0 aliphatic rings. The standard InChI is InChI=1S/C14H20F3NO.ClH/c1-13(2,3)12(18)8-11(19)9-6-4-5-7-10(9)14(15,16)17;/h4-7,11-12,19H,8,18H2,1-3H3;1H/t11-,12+;/m0./s1. The zero-order valence-corrected chi connectivity index (χ0v) is 12.6. The van der Waals surface area contributed by atoms with Gasteiger partial charge in [0.2, 0.25) is 0 Å². The summed E-state index contributed by atoms with van der Waals surface area (Å²) in [6, 6.07) is 4.67. The number of rotatable bonds is 3. The summed E-state index contributed by atoms with van der Waals surface area (Å²) in [5, 5.41) is 10.0. The molecule has 0 aromatic heterocycles. The molecule has 0 saturated heterocycles. The number of hydrogen-bond donors (Lipinski definition) is 2. The highest BCUT2D eigenvalue weighted by Gasteiger charge is 2.35. The second-order valence-corrected chi connectivity index (χ2v) is 5.81. The van der Waals surface area contributed by atoms with Gasteiger partial charge in [0.1, 0.15) is 0 Å². The Morgan fingerprint density at radius 3 is 2.10 bits per heavy atom. The Bertz CT molecular complexity index is 429. The minimum absolute atomic E-state index is 0. The number of halogens is 4. The molecule has 2 nitrogen and oxygen atoms in total. The van der Waals surface area contributed by atoms with Gasteiger partial charge in [-0.1, -0.05) is 39.0 Å². The van der Waals surface area contributed by atoms with Crippen LogP contribution in [-0.4, -0.2) is 11.1 Å². The van der Waals surface area contributed by atoms with Crippen molar-refractivity contribution in [3.05, 3.63) is 35.4 Å². The molecule has 0 aliphatic heterocycles. The van der Waals surface area contributed by atoms with Crippen molar-refractivity contribution in [3.8, 4) is 0 Å². The van der Waals surface area contributed by atoms with E-state index < -0.39 is 17.8 Å². The van der Waals surface area contributed by atoms with E-state index in [9.17, 15) is 18.3 Å². The van der Waals surface area contributed by atoms with Crippen molar-refractivity contribution in [3.63, 3.8) is 0 Å². The van der Waals surface area contributed by atoms with Crippen molar-refractivity contribution < 1.29 is 18.3 Å². The lowest BCUT2D eigenvalue weighted by atomic mass is 9.82. The first-order valence-electron chi connectivity index (χ1n) is 6.13. The quantitative estimate of drug-likeness (QED) is 0.888. The van der Waals surface area contributed by atoms with Crippen LogP contribution in [0, 0.1) is 5.41 Å². The van der Waals surface area contributed by atoms with Gasteiger partial charge < -0.3 is 10.8 Å². The van der Waals surface area contributed by atoms with Crippen LogP contribution in [0.4, 0.5) is 13.2 Å². The van der Waals surface area contributed by atoms with Crippen LogP contribution >= 0.6 is 12.4 Å². The molecule has 1 aromatic rings. The van der Waals surface area contributed by atoms with Gasteiger partial charge in [0.05, 0.1) is 11.7 Å². The second-order valence-electron chi connectivity index (χ2n) is 5.81. The Labute approximate surface area is 123 Å². The van der Waals surface area contributed by atoms with Crippen molar-refractivity contribution in [2.45, 2.75) is 45.5 Å². The van der Waals surface area contributed by atoms with E-state index in [0.717, 1.165) is 6.07 Å². The van der Waals surface area contributed by atoms with E-state index in [1.54, 1.807) is 0 Å². The molecule has 0 unspecified atom stereocenters. The highest BCUT2D eigenvalue weighted by molar-refractivity contribution is 5.85. The lowest BCUT2D eigenvalue weighted by Gasteiger charge is -2.29. The van der Waals surface area contributed by atoms with Gasteiger partial charge in [-0.2, -0.15) is 13.2 Å². The van der Waals surface area contributed by atoms with Gasteiger partial charge in [0.15, 0.2) is 0 Å². The third-order valence-corrected chi connectivity index (χ3v) is 3.21. The molecule has 0 bridgehead atoms. The number of aliphatic hydroxyl groups is 1. The smallest absolute Gasteiger partial charge is 0.388 e. The molecule has 116 valence electrons. The van der Waals surface area contributed by atoms with Crippen molar-refractivity contribution in [1.29, 1.82) is 0 Å². The normalized spacial score (nSPS) is 15.4. The summed E-state index contributed by atoms with van der Waals surface area (Å²) in [7, 11) is 0. The maximum Gasteiger partial charge on any atom is 0.416 e. The molecule has 0 heterocycles. The van der Waals surface area contributed by atoms with E-state index in [2.05, 4.69) is 0 Å². The van der Waals surface area contributed by atoms with Gasteiger partial charge in [-0.25, -0.2) is 0 Å². The zero-order chi connectivity index (χ0) is 14.8. The lowest BCUT2D eigenvalue weighted by Crippen LogP contribution is -2.36. The third kappa shape index (κ3) is 4.96. The summed E-state index contributed by atoms with van der Waals surface area (Å²) >= 11 is 0. The maximum absolute atomic E-state index is 12.8. The van der Waals surface area contributed by atoms with Crippen molar-refractivity contribution in [2.75, 3.05) is 0 Å². The highest BCUT2D eigenvalue weighted by atomic mass is 35.5. The van der Waals surface area contributed by atoms with Crippen LogP contribution in [-0.2, 0) is 6.18 Å². The number of benzene rings is 1. The number of aliphatic hydroxyl groups excluding tert-OH is 1. The monoisotopic (exact) mass is 311 g/mol. The molecule has 0 spiro atoms. The van der Waals surface area contributed by atoms with Gasteiger partial charge in [0, 0.05) is 6.04 Å². The van der Waals surface area contributed by atoms with E-state index in [0.29, 0.717) is 0 Å². The van der Waals surface area contributed by atoms with Crippen molar-refractivity contribution >= 4 is 12.4 Å². The van der Waals surface area contributed by atoms with Gasteiger partial charge in [-0.15, -0.1) is 12.4 Å². The van der Waals surface area contributed by atoms with Crippen molar-refractivity contribution in [1.82, 2.24) is 0 Å². The summed E-state index contributed by atoms with van der Waals surface area (Å²) in [6.45, 7) is 5.67. The minimum Gasteiger partial charge on any atom is -0.388 e. The predicted molar refractivity (Wildman–Crippen MR) is 75.7 cm³/mol. The molecule has 0 radical (unpaired) electrons. The van der Waals surface area contributed by atoms with Crippen LogP contribution < -0.4 is 5.73 Å². The number of alkyl halides is 3. The summed E-state index contributed by atoms with van der Waals surface area (Å²) in [4.78, 5) is 0. The van der Waals surface area contributed by atoms with Crippen LogP contribution in [0.5, 0.6) is 0 Å². The fraction of sp³-hybridized carbons (Fsp3) is 0.571. The second kappa shape index (κ2) is 6.78. The van der Waals surface area contributed by atoms with E-state index in [-0.39, 0.29) is 35.8 Å². The van der Waals surface area contributed by atoms with Gasteiger partial charge in [-0.3, -0.25) is 0 Å². The molecule has 0 fully saturated rings. The fourth-order valence-corrected chi connectivity index (χ4v) is 1.77. The molecule has 1 rings (SSSR count). The molecule has 0 amide bonds. The summed E-state index contributed by atoms with van der Waals surface area (Å²) in [6.07, 6.45) is -5.59. The van der Waals surface area contributed by atoms with E-state index in [4.69, 9.17) is 5.73 Å². The molecule has 6 heteroatoms. The SMILES string of the molecule is CC(C)(C)[C@H](N)C[C@H](O)c1ccccc1C(F)(F)F.Cl. The van der Waals surface area contributed by atoms with Crippen LogP contribution in [0.3, 0.4) is 0 Å². The molecule has 20 heavy (non-hydrogen) atoms. The fourth-order valence-electron chi connectivity index (χ4n) is 1.77. The number of nitrogens with two attached hydrogens (primary N) is 1. The Kier molecular flexibility index (Phi) is 6.52. The molecular weight excluding hydrogens is 291 g/mol. The third-order valence-electron chi connectivity index (χ3n) is 3.21. The molecule has 1 aromatic carbocycles. The Morgan fingerprint density at radius 2 is 1.65 bits per heavy atom. The first-order chi connectivity index (χ1) is 8.53. The first-order valence-corrected chi connectivity index (χ1v) is 6.13. The van der Waals surface area contributed by atoms with E-state index in [1.807, 2.05) is 20.8 Å².